The number of benzene rings is 1. The molecule has 0 bridgehead atoms. The van der Waals surface area contributed by atoms with Crippen LogP contribution in [-0.4, -0.2) is 54.8 Å². The van der Waals surface area contributed by atoms with Gasteiger partial charge in [0.05, 0.1) is 24.8 Å². The Morgan fingerprint density at radius 3 is 2.68 bits per heavy atom. The fourth-order valence-electron chi connectivity index (χ4n) is 4.04. The van der Waals surface area contributed by atoms with Crippen molar-refractivity contribution in [2.75, 3.05) is 37.7 Å². The average Bonchev–Trinajstić information content (AvgIpc) is 2.74. The molecule has 1 aromatic heterocycles. The molecule has 0 radical (unpaired) electrons. The zero-order chi connectivity index (χ0) is 19.3. The number of nitrogens with one attached hydrogen (secondary N) is 1. The molecule has 1 aliphatic carbocycles. The van der Waals surface area contributed by atoms with Crippen LogP contribution in [0.5, 0.6) is 5.75 Å². The van der Waals surface area contributed by atoms with Crippen molar-refractivity contribution in [3.63, 3.8) is 0 Å². The van der Waals surface area contributed by atoms with Crippen LogP contribution in [0.3, 0.4) is 0 Å². The lowest BCUT2D eigenvalue weighted by Crippen LogP contribution is -2.36. The summed E-state index contributed by atoms with van der Waals surface area (Å²) in [6.45, 7) is 5.57. The summed E-state index contributed by atoms with van der Waals surface area (Å²) in [5.74, 6) is 1.40. The van der Waals surface area contributed by atoms with Crippen molar-refractivity contribution in [1.29, 1.82) is 0 Å². The lowest BCUT2D eigenvalue weighted by molar-refractivity contribution is -0.119. The van der Waals surface area contributed by atoms with Crippen molar-refractivity contribution >= 4 is 22.6 Å². The van der Waals surface area contributed by atoms with Crippen LogP contribution in [0.1, 0.15) is 32.6 Å². The zero-order valence-electron chi connectivity index (χ0n) is 16.4. The SMILES string of the molecule is CC(=O)NCC1CCC(Oc2cc(N3CCOCC3)cc3nccnc23)CC1. The Morgan fingerprint density at radius 2 is 1.93 bits per heavy atom. The Labute approximate surface area is 165 Å². The number of anilines is 1. The van der Waals surface area contributed by atoms with Gasteiger partial charge in [-0.1, -0.05) is 0 Å². The normalized spacial score (nSPS) is 22.8. The summed E-state index contributed by atoms with van der Waals surface area (Å²) in [5, 5.41) is 2.93. The molecule has 7 heteroatoms. The van der Waals surface area contributed by atoms with Crippen LogP contribution >= 0.6 is 0 Å². The number of amides is 1. The van der Waals surface area contributed by atoms with Gasteiger partial charge in [-0.3, -0.25) is 9.78 Å². The van der Waals surface area contributed by atoms with Crippen molar-refractivity contribution in [3.05, 3.63) is 24.5 Å². The third kappa shape index (κ3) is 4.52. The molecule has 1 amide bonds. The smallest absolute Gasteiger partial charge is 0.216 e. The molecule has 1 aromatic carbocycles. The molecule has 0 atom stereocenters. The predicted molar refractivity (Wildman–Crippen MR) is 108 cm³/mol. The lowest BCUT2D eigenvalue weighted by atomic mass is 9.87. The summed E-state index contributed by atoms with van der Waals surface area (Å²) in [6.07, 6.45) is 7.74. The molecule has 1 N–H and O–H groups in total. The molecule has 150 valence electrons. The van der Waals surface area contributed by atoms with Gasteiger partial charge in [-0.2, -0.15) is 0 Å². The number of carbonyl (C=O) groups excluding carboxylic acids is 1. The molecular formula is C21H28N4O3. The number of rotatable bonds is 5. The minimum atomic E-state index is 0.0448. The molecule has 4 rings (SSSR count). The van der Waals surface area contributed by atoms with Crippen LogP contribution in [0.2, 0.25) is 0 Å². The summed E-state index contributed by atoms with van der Waals surface area (Å²) in [6, 6.07) is 4.19. The van der Waals surface area contributed by atoms with E-state index < -0.39 is 0 Å². The van der Waals surface area contributed by atoms with Gasteiger partial charge in [-0.15, -0.1) is 0 Å². The van der Waals surface area contributed by atoms with E-state index in [2.05, 4.69) is 32.3 Å². The number of aromatic nitrogens is 2. The van der Waals surface area contributed by atoms with Gasteiger partial charge in [-0.25, -0.2) is 4.98 Å². The third-order valence-corrected chi connectivity index (χ3v) is 5.63. The van der Waals surface area contributed by atoms with Gasteiger partial charge in [0.25, 0.3) is 0 Å². The van der Waals surface area contributed by atoms with Crippen molar-refractivity contribution < 1.29 is 14.3 Å². The van der Waals surface area contributed by atoms with Crippen molar-refractivity contribution in [2.24, 2.45) is 5.92 Å². The molecule has 1 saturated heterocycles. The second kappa shape index (κ2) is 8.73. The zero-order valence-corrected chi connectivity index (χ0v) is 16.4. The first-order chi connectivity index (χ1) is 13.7. The molecule has 2 fully saturated rings. The lowest BCUT2D eigenvalue weighted by Gasteiger charge is -2.31. The van der Waals surface area contributed by atoms with Gasteiger partial charge in [0, 0.05) is 50.7 Å². The summed E-state index contributed by atoms with van der Waals surface area (Å²) in [5.41, 5.74) is 2.80. The quantitative estimate of drug-likeness (QED) is 0.854. The number of hydrogen-bond acceptors (Lipinski definition) is 6. The summed E-state index contributed by atoms with van der Waals surface area (Å²) in [4.78, 5) is 22.5. The van der Waals surface area contributed by atoms with Crippen molar-refractivity contribution in [2.45, 2.75) is 38.7 Å². The highest BCUT2D eigenvalue weighted by molar-refractivity contribution is 5.85. The fraction of sp³-hybridized carbons (Fsp3) is 0.571. The van der Waals surface area contributed by atoms with Crippen molar-refractivity contribution in [3.8, 4) is 5.75 Å². The van der Waals surface area contributed by atoms with Crippen LogP contribution < -0.4 is 15.0 Å². The van der Waals surface area contributed by atoms with E-state index in [-0.39, 0.29) is 12.0 Å². The minimum absolute atomic E-state index is 0.0448. The molecule has 7 nitrogen and oxygen atoms in total. The fourth-order valence-corrected chi connectivity index (χ4v) is 4.04. The number of ether oxygens (including phenoxy) is 2. The van der Waals surface area contributed by atoms with E-state index >= 15 is 0 Å². The van der Waals surface area contributed by atoms with Crippen LogP contribution in [0.15, 0.2) is 24.5 Å². The largest absolute Gasteiger partial charge is 0.488 e. The molecule has 28 heavy (non-hydrogen) atoms. The number of morpholine rings is 1. The molecule has 0 spiro atoms. The first-order valence-corrected chi connectivity index (χ1v) is 10.2. The highest BCUT2D eigenvalue weighted by atomic mass is 16.5. The van der Waals surface area contributed by atoms with Gasteiger partial charge < -0.3 is 19.7 Å². The highest BCUT2D eigenvalue weighted by Crippen LogP contribution is 2.33. The van der Waals surface area contributed by atoms with E-state index in [0.29, 0.717) is 5.92 Å². The molecule has 1 aliphatic heterocycles. The number of nitrogens with zero attached hydrogens (tertiary/aromatic N) is 3. The second-order valence-electron chi connectivity index (χ2n) is 7.67. The summed E-state index contributed by atoms with van der Waals surface area (Å²) >= 11 is 0. The molecule has 2 heterocycles. The van der Waals surface area contributed by atoms with Crippen LogP contribution in [-0.2, 0) is 9.53 Å². The van der Waals surface area contributed by atoms with Crippen molar-refractivity contribution in [1.82, 2.24) is 15.3 Å². The van der Waals surface area contributed by atoms with Gasteiger partial charge >= 0.3 is 0 Å². The molecular weight excluding hydrogens is 356 g/mol. The van der Waals surface area contributed by atoms with Gasteiger partial charge in [0.15, 0.2) is 0 Å². The molecule has 2 aliphatic rings. The molecule has 2 aromatic rings. The van der Waals surface area contributed by atoms with Gasteiger partial charge in [-0.05, 0) is 37.7 Å². The standard InChI is InChI=1S/C21H28N4O3/c1-15(26)24-14-16-2-4-18(5-3-16)28-20-13-17(25-8-10-27-11-9-25)12-19-21(20)23-7-6-22-19/h6-7,12-13,16,18H,2-5,8-11,14H2,1H3,(H,24,26). The monoisotopic (exact) mass is 384 g/mol. The van der Waals surface area contributed by atoms with E-state index in [1.165, 1.54) is 0 Å². The van der Waals surface area contributed by atoms with Crippen LogP contribution in [0.4, 0.5) is 5.69 Å². The van der Waals surface area contributed by atoms with Gasteiger partial charge in [0.1, 0.15) is 11.3 Å². The maximum atomic E-state index is 11.1. The maximum Gasteiger partial charge on any atom is 0.216 e. The average molecular weight is 384 g/mol. The molecule has 1 saturated carbocycles. The number of fused-ring (bicyclic) bond motifs is 1. The Bertz CT molecular complexity index is 814. The highest BCUT2D eigenvalue weighted by Gasteiger charge is 2.24. The second-order valence-corrected chi connectivity index (χ2v) is 7.67. The van der Waals surface area contributed by atoms with Gasteiger partial charge in [0.2, 0.25) is 5.91 Å². The van der Waals surface area contributed by atoms with E-state index in [9.17, 15) is 4.79 Å². The minimum Gasteiger partial charge on any atom is -0.488 e. The third-order valence-electron chi connectivity index (χ3n) is 5.63. The Hall–Kier alpha value is -2.41. The Balaban J connectivity index is 1.48. The summed E-state index contributed by atoms with van der Waals surface area (Å²) in [7, 11) is 0. The Morgan fingerprint density at radius 1 is 1.18 bits per heavy atom. The van der Waals surface area contributed by atoms with E-state index in [1.807, 2.05) is 0 Å². The Kier molecular flexibility index (Phi) is 5.90. The molecule has 0 unspecified atom stereocenters. The topological polar surface area (TPSA) is 76.6 Å². The van der Waals surface area contributed by atoms with E-state index in [1.54, 1.807) is 19.3 Å². The van der Waals surface area contributed by atoms with E-state index in [0.717, 1.165) is 81.0 Å². The number of hydrogen-bond donors (Lipinski definition) is 1. The predicted octanol–water partition coefficient (Wildman–Crippen LogP) is 2.54. The first kappa shape index (κ1) is 18.9. The maximum absolute atomic E-state index is 11.1. The van der Waals surface area contributed by atoms with Crippen LogP contribution in [0, 0.1) is 5.92 Å². The first-order valence-electron chi connectivity index (χ1n) is 10.2. The summed E-state index contributed by atoms with van der Waals surface area (Å²) < 4.78 is 11.9. The van der Waals surface area contributed by atoms with Crippen LogP contribution in [0.25, 0.3) is 11.0 Å². The number of carbonyl (C=O) groups is 1. The van der Waals surface area contributed by atoms with E-state index in [4.69, 9.17) is 9.47 Å².